The number of rotatable bonds is 5. The van der Waals surface area contributed by atoms with Gasteiger partial charge >= 0.3 is 0 Å². The molecule has 210 valence electrons. The lowest BCUT2D eigenvalue weighted by molar-refractivity contribution is 1.05. The van der Waals surface area contributed by atoms with Gasteiger partial charge in [-0.05, 0) is 46.5 Å². The highest BCUT2D eigenvalue weighted by Gasteiger charge is 2.17. The van der Waals surface area contributed by atoms with Gasteiger partial charge in [-0.25, -0.2) is 9.97 Å². The predicted molar refractivity (Wildman–Crippen MR) is 183 cm³/mol. The molecule has 45 heavy (non-hydrogen) atoms. The zero-order valence-electron chi connectivity index (χ0n) is 24.3. The third kappa shape index (κ3) is 4.83. The van der Waals surface area contributed by atoms with Gasteiger partial charge in [-0.15, -0.1) is 0 Å². The normalized spacial score (nSPS) is 11.1. The average molecular weight is 575 g/mol. The van der Waals surface area contributed by atoms with Crippen molar-refractivity contribution >= 4 is 21.8 Å². The van der Waals surface area contributed by atoms with Gasteiger partial charge in [0.05, 0.1) is 28.4 Å². The van der Waals surface area contributed by atoms with Crippen LogP contribution in [0.2, 0.25) is 0 Å². The third-order valence-electron chi connectivity index (χ3n) is 8.28. The molecule has 0 saturated heterocycles. The number of nitrogens with zero attached hydrogens (tertiary/aromatic N) is 4. The van der Waals surface area contributed by atoms with Crippen LogP contribution in [0.5, 0.6) is 0 Å². The molecule has 0 amide bonds. The van der Waals surface area contributed by atoms with E-state index in [4.69, 9.17) is 9.97 Å². The number of nitriles is 1. The summed E-state index contributed by atoms with van der Waals surface area (Å²) in [5.74, 6) is 1.48. The summed E-state index contributed by atoms with van der Waals surface area (Å²) < 4.78 is 2.26. The highest BCUT2D eigenvalue weighted by atomic mass is 15.1. The minimum absolute atomic E-state index is 0.651. The number of benzene rings is 6. The highest BCUT2D eigenvalue weighted by Crippen LogP contribution is 2.36. The smallest absolute Gasteiger partial charge is 0.162 e. The van der Waals surface area contributed by atoms with Gasteiger partial charge in [0.2, 0.25) is 0 Å². The van der Waals surface area contributed by atoms with E-state index in [9.17, 15) is 5.26 Å². The van der Waals surface area contributed by atoms with Crippen molar-refractivity contribution in [1.29, 1.82) is 5.26 Å². The van der Waals surface area contributed by atoms with Crippen molar-refractivity contribution < 1.29 is 0 Å². The standard InChI is InChI=1S/C41H26N4/c42-27-28-15-17-30(18-16-28)31-19-21-32(22-20-31)37-26-40(44-41(43-37)33-11-5-2-6-12-33)45-38-14-8-7-13-35(38)36-24-23-34(25-39(36)45)29-9-3-1-4-10-29/h1-26H. The van der Waals surface area contributed by atoms with E-state index in [-0.39, 0.29) is 0 Å². The maximum atomic E-state index is 9.18. The van der Waals surface area contributed by atoms with E-state index in [2.05, 4.69) is 120 Å². The SMILES string of the molecule is N#Cc1ccc(-c2ccc(-c3cc(-n4c5ccccc5c5ccc(-c6ccccc6)cc54)nc(-c4ccccc4)n3)cc2)cc1. The van der Waals surface area contributed by atoms with Crippen LogP contribution in [0.1, 0.15) is 5.56 Å². The van der Waals surface area contributed by atoms with E-state index < -0.39 is 0 Å². The second kappa shape index (κ2) is 11.1. The Balaban J connectivity index is 1.33. The molecule has 0 aliphatic heterocycles. The summed E-state index contributed by atoms with van der Waals surface area (Å²) >= 11 is 0. The summed E-state index contributed by atoms with van der Waals surface area (Å²) in [6.07, 6.45) is 0. The van der Waals surface area contributed by atoms with Crippen molar-refractivity contribution in [2.75, 3.05) is 0 Å². The Morgan fingerprint density at radius 2 is 1.00 bits per heavy atom. The summed E-state index contributed by atoms with van der Waals surface area (Å²) in [5.41, 5.74) is 10.1. The van der Waals surface area contributed by atoms with Crippen LogP contribution in [0.4, 0.5) is 0 Å². The zero-order chi connectivity index (χ0) is 30.2. The molecule has 2 heterocycles. The van der Waals surface area contributed by atoms with Crippen LogP contribution in [0.25, 0.3) is 72.5 Å². The molecule has 8 aromatic rings. The van der Waals surface area contributed by atoms with Gasteiger partial charge in [0.1, 0.15) is 5.82 Å². The van der Waals surface area contributed by atoms with Crippen molar-refractivity contribution in [2.24, 2.45) is 0 Å². The van der Waals surface area contributed by atoms with Crippen LogP contribution in [-0.4, -0.2) is 14.5 Å². The Hall–Kier alpha value is -6.31. The Bertz CT molecular complexity index is 2350. The van der Waals surface area contributed by atoms with Gasteiger partial charge in [0.15, 0.2) is 5.82 Å². The summed E-state index contributed by atoms with van der Waals surface area (Å²) in [7, 11) is 0. The van der Waals surface area contributed by atoms with Crippen LogP contribution in [0.3, 0.4) is 0 Å². The van der Waals surface area contributed by atoms with Crippen molar-refractivity contribution in [1.82, 2.24) is 14.5 Å². The second-order valence-corrected chi connectivity index (χ2v) is 11.0. The lowest BCUT2D eigenvalue weighted by Gasteiger charge is -2.13. The monoisotopic (exact) mass is 574 g/mol. The molecule has 2 aromatic heterocycles. The van der Waals surface area contributed by atoms with E-state index in [0.717, 1.165) is 50.4 Å². The zero-order valence-corrected chi connectivity index (χ0v) is 24.3. The van der Waals surface area contributed by atoms with Gasteiger partial charge in [0, 0.05) is 28.0 Å². The third-order valence-corrected chi connectivity index (χ3v) is 8.28. The first-order chi connectivity index (χ1) is 22.2. The number of fused-ring (bicyclic) bond motifs is 3. The molecule has 8 rings (SSSR count). The Morgan fingerprint density at radius 1 is 0.444 bits per heavy atom. The van der Waals surface area contributed by atoms with E-state index in [1.165, 1.54) is 16.3 Å². The maximum Gasteiger partial charge on any atom is 0.162 e. The summed E-state index contributed by atoms with van der Waals surface area (Å²) in [6.45, 7) is 0. The van der Waals surface area contributed by atoms with Crippen LogP contribution < -0.4 is 0 Å². The van der Waals surface area contributed by atoms with Crippen molar-refractivity contribution in [3.05, 3.63) is 163 Å². The van der Waals surface area contributed by atoms with Crippen LogP contribution in [0, 0.1) is 11.3 Å². The van der Waals surface area contributed by atoms with E-state index in [1.807, 2.05) is 48.5 Å². The average Bonchev–Trinajstić information content (AvgIpc) is 3.46. The first kappa shape index (κ1) is 26.3. The molecular formula is C41H26N4. The van der Waals surface area contributed by atoms with Gasteiger partial charge < -0.3 is 0 Å². The summed E-state index contributed by atoms with van der Waals surface area (Å²) in [5, 5.41) is 11.5. The Labute approximate surface area is 261 Å². The first-order valence-electron chi connectivity index (χ1n) is 14.9. The van der Waals surface area contributed by atoms with Crippen LogP contribution >= 0.6 is 0 Å². The first-order valence-corrected chi connectivity index (χ1v) is 14.9. The largest absolute Gasteiger partial charge is 0.294 e. The van der Waals surface area contributed by atoms with Gasteiger partial charge in [-0.1, -0.05) is 127 Å². The molecule has 0 spiro atoms. The lowest BCUT2D eigenvalue weighted by atomic mass is 10.0. The number of aromatic nitrogens is 3. The van der Waals surface area contributed by atoms with Crippen LogP contribution in [0.15, 0.2) is 158 Å². The van der Waals surface area contributed by atoms with E-state index >= 15 is 0 Å². The summed E-state index contributed by atoms with van der Waals surface area (Å²) in [4.78, 5) is 10.3. The molecule has 4 nitrogen and oxygen atoms in total. The van der Waals surface area contributed by atoms with E-state index in [1.54, 1.807) is 0 Å². The molecule has 0 atom stereocenters. The number of hydrogen-bond acceptors (Lipinski definition) is 3. The Morgan fingerprint density at radius 3 is 1.71 bits per heavy atom. The molecule has 0 unspecified atom stereocenters. The van der Waals surface area contributed by atoms with Crippen molar-refractivity contribution in [3.8, 4) is 56.8 Å². The summed E-state index contributed by atoms with van der Waals surface area (Å²) in [6, 6.07) is 56.2. The topological polar surface area (TPSA) is 54.5 Å². The van der Waals surface area contributed by atoms with Gasteiger partial charge in [0.25, 0.3) is 0 Å². The molecule has 0 fully saturated rings. The minimum atomic E-state index is 0.651. The molecule has 6 aromatic carbocycles. The lowest BCUT2D eigenvalue weighted by Crippen LogP contribution is -2.02. The molecule has 0 N–H and O–H groups in total. The maximum absolute atomic E-state index is 9.18. The number of para-hydroxylation sites is 1. The number of hydrogen-bond donors (Lipinski definition) is 0. The van der Waals surface area contributed by atoms with Gasteiger partial charge in [-0.3, -0.25) is 4.57 Å². The molecule has 0 aliphatic rings. The molecule has 0 bridgehead atoms. The second-order valence-electron chi connectivity index (χ2n) is 11.0. The molecule has 0 aliphatic carbocycles. The van der Waals surface area contributed by atoms with Crippen molar-refractivity contribution in [3.63, 3.8) is 0 Å². The fourth-order valence-electron chi connectivity index (χ4n) is 6.01. The van der Waals surface area contributed by atoms with E-state index in [0.29, 0.717) is 11.4 Å². The molecule has 4 heteroatoms. The predicted octanol–water partition coefficient (Wildman–Crippen LogP) is 10.1. The fourth-order valence-corrected chi connectivity index (χ4v) is 6.01. The van der Waals surface area contributed by atoms with Crippen LogP contribution in [-0.2, 0) is 0 Å². The Kier molecular flexibility index (Phi) is 6.48. The van der Waals surface area contributed by atoms with Crippen molar-refractivity contribution in [2.45, 2.75) is 0 Å². The fraction of sp³-hybridized carbons (Fsp3) is 0. The van der Waals surface area contributed by atoms with Gasteiger partial charge in [-0.2, -0.15) is 5.26 Å². The molecule has 0 saturated carbocycles. The molecule has 0 radical (unpaired) electrons. The quantitative estimate of drug-likeness (QED) is 0.205. The minimum Gasteiger partial charge on any atom is -0.294 e. The molecular weight excluding hydrogens is 548 g/mol. The highest BCUT2D eigenvalue weighted by molar-refractivity contribution is 6.10.